The minimum atomic E-state index is -0.611. The van der Waals surface area contributed by atoms with Gasteiger partial charge in [0.2, 0.25) is 0 Å². The summed E-state index contributed by atoms with van der Waals surface area (Å²) in [5, 5.41) is 0. The molecule has 2 heteroatoms. The summed E-state index contributed by atoms with van der Waals surface area (Å²) in [5.41, 5.74) is 0. The smallest absolute Gasteiger partial charge is 0.0148 e. The maximum atomic E-state index is 9.56. The van der Waals surface area contributed by atoms with Crippen LogP contribution in [-0.4, -0.2) is 16.7 Å². The van der Waals surface area contributed by atoms with Gasteiger partial charge < -0.3 is 0 Å². The summed E-state index contributed by atoms with van der Waals surface area (Å²) in [6.45, 7) is 6.00. The lowest BCUT2D eigenvalue weighted by Crippen LogP contribution is -1.70. The second-order valence-corrected chi connectivity index (χ2v) is 2.22. The molecule has 0 radical (unpaired) electrons. The fourth-order valence-corrected chi connectivity index (χ4v) is 0. The molecule has 0 aromatic carbocycles. The highest BCUT2D eigenvalue weighted by Gasteiger charge is 1.57. The highest BCUT2D eigenvalue weighted by atomic mass is 32.2. The lowest BCUT2D eigenvalue weighted by Gasteiger charge is -1.60. The van der Waals surface area contributed by atoms with Crippen molar-refractivity contribution < 1.29 is 4.21 Å². The van der Waals surface area contributed by atoms with Crippen molar-refractivity contribution in [1.82, 2.24) is 0 Å². The van der Waals surface area contributed by atoms with E-state index < -0.39 is 10.8 Å². The maximum absolute atomic E-state index is 9.56. The van der Waals surface area contributed by atoms with E-state index in [1.165, 1.54) is 0 Å². The van der Waals surface area contributed by atoms with E-state index in [1.807, 2.05) is 0 Å². The Morgan fingerprint density at radius 1 is 1.33 bits per heavy atom. The van der Waals surface area contributed by atoms with Gasteiger partial charge in [-0.1, -0.05) is 0 Å². The standard InChI is InChI=1S/C2H6OS.C2H4/c1-4(2)3;1-2/h1-2H3;1-2H2. The zero-order valence-electron chi connectivity index (χ0n) is 4.23. The molecule has 0 atom stereocenters. The van der Waals surface area contributed by atoms with Gasteiger partial charge in [-0.3, -0.25) is 4.21 Å². The van der Waals surface area contributed by atoms with E-state index in [2.05, 4.69) is 13.2 Å². The van der Waals surface area contributed by atoms with E-state index in [9.17, 15) is 4.21 Å². The molecule has 0 spiro atoms. The van der Waals surface area contributed by atoms with Crippen LogP contribution in [0.2, 0.25) is 0 Å². The first-order valence-electron chi connectivity index (χ1n) is 1.48. The van der Waals surface area contributed by atoms with Crippen LogP contribution in [0.4, 0.5) is 0 Å². The monoisotopic (exact) mass is 106 g/mol. The van der Waals surface area contributed by atoms with Crippen molar-refractivity contribution in [3.63, 3.8) is 0 Å². The van der Waals surface area contributed by atoms with Gasteiger partial charge in [0.25, 0.3) is 0 Å². The van der Waals surface area contributed by atoms with E-state index in [0.29, 0.717) is 0 Å². The highest BCUT2D eigenvalue weighted by molar-refractivity contribution is 7.83. The molecule has 0 heterocycles. The summed E-state index contributed by atoms with van der Waals surface area (Å²) in [4.78, 5) is 0. The molecule has 0 fully saturated rings. The van der Waals surface area contributed by atoms with Crippen molar-refractivity contribution in [2.45, 2.75) is 0 Å². The SMILES string of the molecule is C=C.CS(C)=O. The van der Waals surface area contributed by atoms with Crippen molar-refractivity contribution in [2.24, 2.45) is 0 Å². The van der Waals surface area contributed by atoms with Crippen molar-refractivity contribution in [3.05, 3.63) is 13.2 Å². The summed E-state index contributed by atoms with van der Waals surface area (Å²) < 4.78 is 9.56. The molecule has 0 saturated carbocycles. The molecule has 0 aliphatic rings. The first-order valence-corrected chi connectivity index (χ1v) is 3.45. The number of hydrogen-bond donors (Lipinski definition) is 0. The quantitative estimate of drug-likeness (QED) is 0.417. The third kappa shape index (κ3) is 2690. The molecule has 0 unspecified atom stereocenters. The van der Waals surface area contributed by atoms with Crippen LogP contribution in [0.1, 0.15) is 0 Å². The van der Waals surface area contributed by atoms with Crippen molar-refractivity contribution >= 4 is 10.8 Å². The molecule has 0 amide bonds. The third-order valence-electron chi connectivity index (χ3n) is 0. The summed E-state index contributed by atoms with van der Waals surface area (Å²) in [6.07, 6.45) is 3.28. The molecule has 0 aromatic heterocycles. The molecule has 0 bridgehead atoms. The Morgan fingerprint density at radius 2 is 1.33 bits per heavy atom. The van der Waals surface area contributed by atoms with Gasteiger partial charge in [-0.15, -0.1) is 13.2 Å². The first-order chi connectivity index (χ1) is 2.73. The Morgan fingerprint density at radius 3 is 1.33 bits per heavy atom. The summed E-state index contributed by atoms with van der Waals surface area (Å²) >= 11 is 0. The summed E-state index contributed by atoms with van der Waals surface area (Å²) in [7, 11) is -0.611. The van der Waals surface area contributed by atoms with Gasteiger partial charge in [0.1, 0.15) is 0 Å². The van der Waals surface area contributed by atoms with Crippen LogP contribution < -0.4 is 0 Å². The average molecular weight is 106 g/mol. The molecule has 1 nitrogen and oxygen atoms in total. The van der Waals surface area contributed by atoms with Gasteiger partial charge in [-0.2, -0.15) is 0 Å². The molecule has 0 saturated heterocycles. The Balaban J connectivity index is 0. The van der Waals surface area contributed by atoms with Crippen LogP contribution in [0.5, 0.6) is 0 Å². The van der Waals surface area contributed by atoms with Gasteiger partial charge in [-0.05, 0) is 0 Å². The number of hydrogen-bond acceptors (Lipinski definition) is 1. The number of rotatable bonds is 0. The van der Waals surface area contributed by atoms with Crippen molar-refractivity contribution in [1.29, 1.82) is 0 Å². The molecule has 0 N–H and O–H groups in total. The highest BCUT2D eigenvalue weighted by Crippen LogP contribution is 1.47. The van der Waals surface area contributed by atoms with Crippen LogP contribution in [0.3, 0.4) is 0 Å². The average Bonchev–Trinajstić information content (AvgIpc) is 1.41. The summed E-state index contributed by atoms with van der Waals surface area (Å²) in [6, 6.07) is 0. The lowest BCUT2D eigenvalue weighted by atomic mass is 11.3. The molecular formula is C4H10OS. The molecule has 38 valence electrons. The maximum Gasteiger partial charge on any atom is 0.0148 e. The predicted molar refractivity (Wildman–Crippen MR) is 31.2 cm³/mol. The Hall–Kier alpha value is -0.110. The molecule has 0 aromatic rings. The van der Waals surface area contributed by atoms with Crippen molar-refractivity contribution in [3.8, 4) is 0 Å². The topological polar surface area (TPSA) is 17.1 Å². The van der Waals surface area contributed by atoms with E-state index in [-0.39, 0.29) is 0 Å². The Kier molecular flexibility index (Phi) is 13.7. The third-order valence-corrected chi connectivity index (χ3v) is 0. The minimum absolute atomic E-state index is 0.611. The molecular weight excluding hydrogens is 96.1 g/mol. The fraction of sp³-hybridized carbons (Fsp3) is 0.500. The molecule has 0 rings (SSSR count). The normalized spacial score (nSPS) is 6.50. The molecule has 0 aliphatic heterocycles. The second-order valence-electron chi connectivity index (χ2n) is 0.742. The summed E-state index contributed by atoms with van der Waals surface area (Å²) in [5.74, 6) is 0. The second kappa shape index (κ2) is 8.86. The largest absolute Gasteiger partial charge is 0.260 e. The van der Waals surface area contributed by atoms with Crippen LogP contribution in [-0.2, 0) is 10.8 Å². The van der Waals surface area contributed by atoms with Crippen molar-refractivity contribution in [2.75, 3.05) is 12.5 Å². The van der Waals surface area contributed by atoms with Gasteiger partial charge >= 0.3 is 0 Å². The van der Waals surface area contributed by atoms with Gasteiger partial charge in [0, 0.05) is 23.3 Å². The first kappa shape index (κ1) is 9.31. The van der Waals surface area contributed by atoms with Gasteiger partial charge in [0.15, 0.2) is 0 Å². The zero-order valence-corrected chi connectivity index (χ0v) is 5.05. The van der Waals surface area contributed by atoms with E-state index in [1.54, 1.807) is 12.5 Å². The minimum Gasteiger partial charge on any atom is -0.260 e. The molecule has 0 aliphatic carbocycles. The van der Waals surface area contributed by atoms with Crippen LogP contribution >= 0.6 is 0 Å². The van der Waals surface area contributed by atoms with Gasteiger partial charge in [0.05, 0.1) is 0 Å². The Bertz CT molecular complexity index is 38.8. The van der Waals surface area contributed by atoms with E-state index in [4.69, 9.17) is 0 Å². The Labute approximate surface area is 41.5 Å². The lowest BCUT2D eigenvalue weighted by molar-refractivity contribution is 0.690. The molecule has 6 heavy (non-hydrogen) atoms. The van der Waals surface area contributed by atoms with E-state index in [0.717, 1.165) is 0 Å². The van der Waals surface area contributed by atoms with Crippen LogP contribution in [0.15, 0.2) is 13.2 Å². The zero-order chi connectivity index (χ0) is 5.58. The van der Waals surface area contributed by atoms with Crippen LogP contribution in [0.25, 0.3) is 0 Å². The van der Waals surface area contributed by atoms with Gasteiger partial charge in [-0.25, -0.2) is 0 Å². The van der Waals surface area contributed by atoms with E-state index >= 15 is 0 Å². The van der Waals surface area contributed by atoms with Crippen LogP contribution in [0, 0.1) is 0 Å². The predicted octanol–water partition coefficient (Wildman–Crippen LogP) is 0.797. The fourth-order valence-electron chi connectivity index (χ4n) is 0.